The predicted octanol–water partition coefficient (Wildman–Crippen LogP) is 6.08. The average Bonchev–Trinajstić information content (AvgIpc) is 3.70. The zero-order chi connectivity index (χ0) is 27.6. The van der Waals surface area contributed by atoms with Crippen molar-refractivity contribution in [2.24, 2.45) is 5.41 Å². The van der Waals surface area contributed by atoms with Gasteiger partial charge in [-0.2, -0.15) is 0 Å². The molecule has 1 aromatic heterocycles. The predicted molar refractivity (Wildman–Crippen MR) is 154 cm³/mol. The molecule has 4 aromatic rings. The molecule has 1 aliphatic carbocycles. The monoisotopic (exact) mass is 547 g/mol. The molecule has 1 spiro atoms. The van der Waals surface area contributed by atoms with E-state index in [1.165, 1.54) is 11.3 Å². The molecule has 40 heavy (non-hydrogen) atoms. The van der Waals surface area contributed by atoms with E-state index in [1.807, 2.05) is 52.8 Å². The molecule has 0 amide bonds. The smallest absolute Gasteiger partial charge is 0.195 e. The Balaban J connectivity index is 1.59. The number of nitrogens with zero attached hydrogens (tertiary/aromatic N) is 1. The zero-order valence-corrected chi connectivity index (χ0v) is 22.7. The minimum absolute atomic E-state index is 0.145. The maximum Gasteiger partial charge on any atom is 0.195 e. The summed E-state index contributed by atoms with van der Waals surface area (Å²) in [6, 6.07) is 22.2. The average molecular weight is 548 g/mol. The fourth-order valence-electron chi connectivity index (χ4n) is 6.91. The standard InChI is InChI=1S/C33H25NO5S/c1-38-20-14-15-25(39-2)23(18-20)28-29(30(35)26-12-7-17-40-26)34-24-11-6-3-8-19(24)13-16-27(34)33(28)31(36)21-9-4-5-10-22(21)32(33)37/h3-18,27-29H,1-2H3/t27-,28-,29+/m0/s1. The Kier molecular flexibility index (Phi) is 5.54. The van der Waals surface area contributed by atoms with E-state index in [2.05, 4.69) is 0 Å². The topological polar surface area (TPSA) is 72.9 Å². The van der Waals surface area contributed by atoms with Crippen LogP contribution in [0.4, 0.5) is 5.69 Å². The van der Waals surface area contributed by atoms with Gasteiger partial charge in [-0.05, 0) is 41.3 Å². The Bertz CT molecular complexity index is 1690. The molecule has 1 fully saturated rings. The van der Waals surface area contributed by atoms with Gasteiger partial charge in [-0.15, -0.1) is 11.3 Å². The highest BCUT2D eigenvalue weighted by Gasteiger charge is 2.72. The second kappa shape index (κ2) is 9.03. The van der Waals surface area contributed by atoms with E-state index >= 15 is 0 Å². The van der Waals surface area contributed by atoms with Gasteiger partial charge >= 0.3 is 0 Å². The number of ketones is 3. The molecule has 3 atom stereocenters. The molecule has 0 unspecified atom stereocenters. The molecule has 3 aliphatic rings. The van der Waals surface area contributed by atoms with E-state index < -0.39 is 23.4 Å². The maximum absolute atomic E-state index is 14.7. The number of anilines is 1. The van der Waals surface area contributed by atoms with Crippen molar-refractivity contribution in [1.82, 2.24) is 0 Å². The highest BCUT2D eigenvalue weighted by molar-refractivity contribution is 7.12. The van der Waals surface area contributed by atoms with E-state index in [1.54, 1.807) is 62.8 Å². The summed E-state index contributed by atoms with van der Waals surface area (Å²) in [6.45, 7) is 0. The summed E-state index contributed by atoms with van der Waals surface area (Å²) in [7, 11) is 3.12. The quantitative estimate of drug-likeness (QED) is 0.223. The summed E-state index contributed by atoms with van der Waals surface area (Å²) < 4.78 is 11.4. The van der Waals surface area contributed by atoms with Crippen LogP contribution < -0.4 is 14.4 Å². The van der Waals surface area contributed by atoms with Gasteiger partial charge in [0, 0.05) is 28.3 Å². The van der Waals surface area contributed by atoms with Crippen LogP contribution in [0.2, 0.25) is 0 Å². The highest BCUT2D eigenvalue weighted by atomic mass is 32.1. The molecule has 7 rings (SSSR count). The zero-order valence-electron chi connectivity index (χ0n) is 21.9. The van der Waals surface area contributed by atoms with E-state index in [4.69, 9.17) is 9.47 Å². The lowest BCUT2D eigenvalue weighted by Gasteiger charge is -2.37. The molecule has 0 saturated carbocycles. The molecule has 0 bridgehead atoms. The van der Waals surface area contributed by atoms with Gasteiger partial charge in [0.1, 0.15) is 23.0 Å². The van der Waals surface area contributed by atoms with Gasteiger partial charge in [0.2, 0.25) is 0 Å². The highest BCUT2D eigenvalue weighted by Crippen LogP contribution is 2.62. The lowest BCUT2D eigenvalue weighted by Crippen LogP contribution is -2.48. The molecule has 2 aliphatic heterocycles. The van der Waals surface area contributed by atoms with Gasteiger partial charge in [-0.1, -0.05) is 60.7 Å². The van der Waals surface area contributed by atoms with Crippen molar-refractivity contribution in [1.29, 1.82) is 0 Å². The van der Waals surface area contributed by atoms with Crippen molar-refractivity contribution < 1.29 is 23.9 Å². The van der Waals surface area contributed by atoms with E-state index in [0.29, 0.717) is 33.1 Å². The second-order valence-corrected chi connectivity index (χ2v) is 11.2. The molecule has 0 radical (unpaired) electrons. The molecule has 3 aromatic carbocycles. The number of rotatable bonds is 5. The van der Waals surface area contributed by atoms with Crippen molar-refractivity contribution in [2.75, 3.05) is 19.1 Å². The fourth-order valence-corrected chi connectivity index (χ4v) is 7.61. The molecular formula is C33H25NO5S. The van der Waals surface area contributed by atoms with E-state index in [0.717, 1.165) is 11.3 Å². The van der Waals surface area contributed by atoms with Gasteiger partial charge in [0.25, 0.3) is 0 Å². The number of ether oxygens (including phenoxy) is 2. The number of carbonyl (C=O) groups excluding carboxylic acids is 3. The third kappa shape index (κ3) is 3.12. The first-order valence-corrected chi connectivity index (χ1v) is 13.9. The molecule has 1 saturated heterocycles. The van der Waals surface area contributed by atoms with E-state index in [9.17, 15) is 14.4 Å². The number of para-hydroxylation sites is 1. The van der Waals surface area contributed by atoms with Crippen molar-refractivity contribution in [3.05, 3.63) is 117 Å². The Labute approximate surface area is 235 Å². The van der Waals surface area contributed by atoms with Crippen LogP contribution in [-0.4, -0.2) is 43.7 Å². The number of benzene rings is 3. The number of hydrogen-bond acceptors (Lipinski definition) is 7. The minimum atomic E-state index is -1.59. The summed E-state index contributed by atoms with van der Waals surface area (Å²) in [5, 5.41) is 1.86. The van der Waals surface area contributed by atoms with Crippen molar-refractivity contribution >= 4 is 40.4 Å². The number of thiophene rings is 1. The van der Waals surface area contributed by atoms with Gasteiger partial charge in [-0.3, -0.25) is 14.4 Å². The Morgan fingerprint density at radius 2 is 1.60 bits per heavy atom. The van der Waals surface area contributed by atoms with Crippen LogP contribution in [0.3, 0.4) is 0 Å². The number of methoxy groups -OCH3 is 2. The van der Waals surface area contributed by atoms with Crippen LogP contribution in [0, 0.1) is 5.41 Å². The summed E-state index contributed by atoms with van der Waals surface area (Å²) in [4.78, 5) is 46.6. The maximum atomic E-state index is 14.7. The Hall–Kier alpha value is -4.49. The molecule has 198 valence electrons. The van der Waals surface area contributed by atoms with Crippen LogP contribution in [0.1, 0.15) is 47.4 Å². The number of fused-ring (bicyclic) bond motifs is 5. The lowest BCUT2D eigenvalue weighted by molar-refractivity contribution is 0.0664. The molecular weight excluding hydrogens is 522 g/mol. The van der Waals surface area contributed by atoms with Gasteiger partial charge < -0.3 is 14.4 Å². The van der Waals surface area contributed by atoms with Crippen LogP contribution in [0.15, 0.2) is 90.3 Å². The van der Waals surface area contributed by atoms with Gasteiger partial charge in [-0.25, -0.2) is 0 Å². The first-order chi connectivity index (χ1) is 19.5. The number of carbonyl (C=O) groups is 3. The Morgan fingerprint density at radius 1 is 0.875 bits per heavy atom. The molecule has 6 nitrogen and oxygen atoms in total. The lowest BCUT2D eigenvalue weighted by atomic mass is 9.64. The van der Waals surface area contributed by atoms with Gasteiger partial charge in [0.15, 0.2) is 17.3 Å². The van der Waals surface area contributed by atoms with Crippen LogP contribution in [0.25, 0.3) is 6.08 Å². The molecule has 0 N–H and O–H groups in total. The third-order valence-corrected chi connectivity index (χ3v) is 9.40. The van der Waals surface area contributed by atoms with Crippen molar-refractivity contribution in [3.8, 4) is 11.5 Å². The van der Waals surface area contributed by atoms with Gasteiger partial charge in [0.05, 0.1) is 25.1 Å². The van der Waals surface area contributed by atoms with E-state index in [-0.39, 0.29) is 17.3 Å². The second-order valence-electron chi connectivity index (χ2n) is 10.2. The first kappa shape index (κ1) is 24.5. The summed E-state index contributed by atoms with van der Waals surface area (Å²) in [5.74, 6) is -0.520. The largest absolute Gasteiger partial charge is 0.497 e. The Morgan fingerprint density at radius 3 is 2.27 bits per heavy atom. The minimum Gasteiger partial charge on any atom is -0.497 e. The third-order valence-electron chi connectivity index (χ3n) is 8.52. The summed E-state index contributed by atoms with van der Waals surface area (Å²) in [6.07, 6.45) is 3.88. The molecule has 3 heterocycles. The van der Waals surface area contributed by atoms with Crippen LogP contribution in [-0.2, 0) is 0 Å². The normalized spacial score (nSPS) is 21.8. The van der Waals surface area contributed by atoms with Crippen LogP contribution in [0.5, 0.6) is 11.5 Å². The van der Waals surface area contributed by atoms with Crippen molar-refractivity contribution in [2.45, 2.75) is 18.0 Å². The molecule has 7 heteroatoms. The SMILES string of the molecule is COc1ccc(OC)c([C@H]2[C@H](C(=O)c3cccs3)N3c4ccccc4C=C[C@H]3C23C(=O)c2ccccc2C3=O)c1. The first-order valence-electron chi connectivity index (χ1n) is 13.1. The summed E-state index contributed by atoms with van der Waals surface area (Å²) in [5.41, 5.74) is 1.50. The van der Waals surface area contributed by atoms with Crippen LogP contribution >= 0.6 is 11.3 Å². The fraction of sp³-hybridized carbons (Fsp3) is 0.182. The number of Topliss-reactive ketones (excluding diaryl/α,β-unsaturated/α-hetero) is 3. The number of hydrogen-bond donors (Lipinski definition) is 0. The summed E-state index contributed by atoms with van der Waals surface area (Å²) >= 11 is 1.35. The van der Waals surface area contributed by atoms with Crippen molar-refractivity contribution in [3.63, 3.8) is 0 Å².